The number of nitrogens with zero attached hydrogens (tertiary/aromatic N) is 2. The fourth-order valence-corrected chi connectivity index (χ4v) is 1.90. The molecule has 1 fully saturated rings. The summed E-state index contributed by atoms with van der Waals surface area (Å²) in [7, 11) is 0. The van der Waals surface area contributed by atoms with E-state index in [1.54, 1.807) is 4.90 Å². The zero-order valence-electron chi connectivity index (χ0n) is 9.11. The van der Waals surface area contributed by atoms with E-state index in [1.165, 1.54) is 18.9 Å². The number of aromatic amines is 1. The number of carbonyl (C=O) groups is 2. The number of carbonyl (C=O) groups excluding carboxylic acids is 2. The van der Waals surface area contributed by atoms with Crippen molar-refractivity contribution in [3.8, 4) is 0 Å². The molecule has 1 aliphatic heterocycles. The van der Waals surface area contributed by atoms with Crippen LogP contribution >= 0.6 is 0 Å². The summed E-state index contributed by atoms with van der Waals surface area (Å²) in [5.41, 5.74) is 0.408. The fourth-order valence-electron chi connectivity index (χ4n) is 1.90. The number of Topliss-reactive ketones (excluding diaryl/α,β-unsaturated/α-hetero) is 1. The van der Waals surface area contributed by atoms with Gasteiger partial charge in [0.1, 0.15) is 5.69 Å². The molecule has 1 aromatic heterocycles. The number of piperidine rings is 1. The maximum absolute atomic E-state index is 11.8. The van der Waals surface area contributed by atoms with Crippen molar-refractivity contribution in [3.05, 3.63) is 18.2 Å². The predicted octanol–water partition coefficient (Wildman–Crippen LogP) is 0.995. The molecule has 16 heavy (non-hydrogen) atoms. The largest absolute Gasteiger partial charge is 0.342 e. The molecular weight excluding hydrogens is 206 g/mol. The first-order chi connectivity index (χ1) is 7.77. The van der Waals surface area contributed by atoms with Gasteiger partial charge in [-0.25, -0.2) is 4.98 Å². The van der Waals surface area contributed by atoms with Crippen molar-refractivity contribution in [2.45, 2.75) is 25.7 Å². The Morgan fingerprint density at radius 2 is 2.06 bits per heavy atom. The van der Waals surface area contributed by atoms with Gasteiger partial charge in [0, 0.05) is 13.1 Å². The second-order valence-corrected chi connectivity index (χ2v) is 4.01. The first-order valence-electron chi connectivity index (χ1n) is 5.57. The van der Waals surface area contributed by atoms with Crippen molar-refractivity contribution >= 4 is 11.7 Å². The summed E-state index contributed by atoms with van der Waals surface area (Å²) in [6.07, 6.45) is 6.11. The zero-order chi connectivity index (χ0) is 11.4. The monoisotopic (exact) mass is 221 g/mol. The molecule has 0 radical (unpaired) electrons. The molecule has 5 heteroatoms. The van der Waals surface area contributed by atoms with Gasteiger partial charge in [0.2, 0.25) is 5.91 Å². The molecule has 0 bridgehead atoms. The molecule has 0 aliphatic carbocycles. The van der Waals surface area contributed by atoms with Gasteiger partial charge in [-0.15, -0.1) is 0 Å². The van der Waals surface area contributed by atoms with Crippen LogP contribution in [0.15, 0.2) is 12.5 Å². The summed E-state index contributed by atoms with van der Waals surface area (Å²) in [5, 5.41) is 0. The second kappa shape index (κ2) is 4.92. The van der Waals surface area contributed by atoms with Gasteiger partial charge < -0.3 is 9.88 Å². The SMILES string of the molecule is O=C(CC(=O)N1CCCCC1)c1cnc[nH]1. The van der Waals surface area contributed by atoms with E-state index in [2.05, 4.69) is 9.97 Å². The van der Waals surface area contributed by atoms with Crippen molar-refractivity contribution in [1.29, 1.82) is 0 Å². The average Bonchev–Trinajstić information content (AvgIpc) is 2.83. The summed E-state index contributed by atoms with van der Waals surface area (Å²) in [6, 6.07) is 0. The number of amides is 1. The fraction of sp³-hybridized carbons (Fsp3) is 0.545. The van der Waals surface area contributed by atoms with Crippen molar-refractivity contribution in [1.82, 2.24) is 14.9 Å². The topological polar surface area (TPSA) is 66.1 Å². The molecule has 1 N–H and O–H groups in total. The van der Waals surface area contributed by atoms with Gasteiger partial charge in [0.05, 0.1) is 18.9 Å². The maximum Gasteiger partial charge on any atom is 0.230 e. The Balaban J connectivity index is 1.89. The van der Waals surface area contributed by atoms with Crippen molar-refractivity contribution in [2.24, 2.45) is 0 Å². The quantitative estimate of drug-likeness (QED) is 0.611. The summed E-state index contributed by atoms with van der Waals surface area (Å²) in [4.78, 5) is 31.7. The summed E-state index contributed by atoms with van der Waals surface area (Å²) in [6.45, 7) is 1.57. The molecule has 1 aliphatic rings. The van der Waals surface area contributed by atoms with Gasteiger partial charge in [-0.2, -0.15) is 0 Å². The van der Waals surface area contributed by atoms with Gasteiger partial charge in [0.25, 0.3) is 0 Å². The van der Waals surface area contributed by atoms with Gasteiger partial charge in [-0.05, 0) is 19.3 Å². The molecule has 0 atom stereocenters. The van der Waals surface area contributed by atoms with Crippen LogP contribution in [0.4, 0.5) is 0 Å². The van der Waals surface area contributed by atoms with E-state index in [0.717, 1.165) is 25.9 Å². The molecule has 0 saturated carbocycles. The van der Waals surface area contributed by atoms with Crippen LogP contribution in [-0.4, -0.2) is 39.6 Å². The van der Waals surface area contributed by atoms with Crippen LogP contribution in [0.3, 0.4) is 0 Å². The molecular formula is C11H15N3O2. The predicted molar refractivity (Wildman–Crippen MR) is 58.0 cm³/mol. The van der Waals surface area contributed by atoms with Crippen LogP contribution in [-0.2, 0) is 4.79 Å². The van der Waals surface area contributed by atoms with E-state index in [4.69, 9.17) is 0 Å². The molecule has 2 heterocycles. The van der Waals surface area contributed by atoms with E-state index >= 15 is 0 Å². The van der Waals surface area contributed by atoms with E-state index < -0.39 is 0 Å². The number of nitrogens with one attached hydrogen (secondary N) is 1. The smallest absolute Gasteiger partial charge is 0.230 e. The van der Waals surface area contributed by atoms with Crippen molar-refractivity contribution < 1.29 is 9.59 Å². The number of rotatable bonds is 3. The lowest BCUT2D eigenvalue weighted by atomic mass is 10.1. The van der Waals surface area contributed by atoms with Gasteiger partial charge in [-0.1, -0.05) is 0 Å². The Bertz CT molecular complexity index is 367. The molecule has 1 aromatic rings. The molecule has 2 rings (SSSR count). The van der Waals surface area contributed by atoms with Crippen LogP contribution in [0.1, 0.15) is 36.2 Å². The molecule has 86 valence electrons. The Morgan fingerprint density at radius 1 is 1.31 bits per heavy atom. The molecule has 0 spiro atoms. The normalized spacial score (nSPS) is 16.1. The van der Waals surface area contributed by atoms with Crippen molar-refractivity contribution in [2.75, 3.05) is 13.1 Å². The Morgan fingerprint density at radius 3 is 2.69 bits per heavy atom. The maximum atomic E-state index is 11.8. The molecule has 0 aromatic carbocycles. The number of aromatic nitrogens is 2. The highest BCUT2D eigenvalue weighted by Gasteiger charge is 2.20. The number of ketones is 1. The van der Waals surface area contributed by atoms with E-state index in [-0.39, 0.29) is 18.1 Å². The number of hydrogen-bond acceptors (Lipinski definition) is 3. The zero-order valence-corrected chi connectivity index (χ0v) is 9.11. The van der Waals surface area contributed by atoms with Gasteiger partial charge in [0.15, 0.2) is 5.78 Å². The third-order valence-corrected chi connectivity index (χ3v) is 2.82. The minimum absolute atomic E-state index is 0.0534. The summed E-state index contributed by atoms with van der Waals surface area (Å²) < 4.78 is 0. The van der Waals surface area contributed by atoms with Crippen LogP contribution in [0, 0.1) is 0 Å². The van der Waals surface area contributed by atoms with Gasteiger partial charge >= 0.3 is 0 Å². The van der Waals surface area contributed by atoms with E-state index in [9.17, 15) is 9.59 Å². The Hall–Kier alpha value is -1.65. The first-order valence-corrected chi connectivity index (χ1v) is 5.57. The Labute approximate surface area is 93.9 Å². The number of H-pyrrole nitrogens is 1. The highest BCUT2D eigenvalue weighted by molar-refractivity contribution is 6.06. The lowest BCUT2D eigenvalue weighted by Crippen LogP contribution is -2.36. The standard InChI is InChI=1S/C11H15N3O2/c15-10(9-7-12-8-13-9)6-11(16)14-4-2-1-3-5-14/h7-8H,1-6H2,(H,12,13). The van der Waals surface area contributed by atoms with E-state index in [1.807, 2.05) is 0 Å². The Kier molecular flexibility index (Phi) is 3.34. The third kappa shape index (κ3) is 2.48. The van der Waals surface area contributed by atoms with Crippen LogP contribution in [0.2, 0.25) is 0 Å². The number of hydrogen-bond donors (Lipinski definition) is 1. The summed E-state index contributed by atoms with van der Waals surface area (Å²) in [5.74, 6) is -0.257. The average molecular weight is 221 g/mol. The molecule has 0 unspecified atom stereocenters. The van der Waals surface area contributed by atoms with Crippen LogP contribution in [0.25, 0.3) is 0 Å². The highest BCUT2D eigenvalue weighted by Crippen LogP contribution is 2.11. The number of likely N-dealkylation sites (tertiary alicyclic amines) is 1. The summed E-state index contributed by atoms with van der Waals surface area (Å²) >= 11 is 0. The van der Waals surface area contributed by atoms with Crippen LogP contribution in [0.5, 0.6) is 0 Å². The highest BCUT2D eigenvalue weighted by atomic mass is 16.2. The lowest BCUT2D eigenvalue weighted by Gasteiger charge is -2.26. The molecule has 1 amide bonds. The molecule has 5 nitrogen and oxygen atoms in total. The van der Waals surface area contributed by atoms with Crippen molar-refractivity contribution in [3.63, 3.8) is 0 Å². The van der Waals surface area contributed by atoms with Crippen LogP contribution < -0.4 is 0 Å². The van der Waals surface area contributed by atoms with Gasteiger partial charge in [-0.3, -0.25) is 9.59 Å². The molecule has 1 saturated heterocycles. The number of imidazole rings is 1. The second-order valence-electron chi connectivity index (χ2n) is 4.01. The minimum atomic E-state index is -0.187. The first kappa shape index (κ1) is 10.9. The lowest BCUT2D eigenvalue weighted by molar-refractivity contribution is -0.131. The minimum Gasteiger partial charge on any atom is -0.342 e. The van der Waals surface area contributed by atoms with E-state index in [0.29, 0.717) is 5.69 Å². The third-order valence-electron chi connectivity index (χ3n) is 2.82.